The second-order valence-corrected chi connectivity index (χ2v) is 16.6. The average Bonchev–Trinajstić information content (AvgIpc) is 3.78. The van der Waals surface area contributed by atoms with Crippen LogP contribution < -0.4 is 4.90 Å². The van der Waals surface area contributed by atoms with Gasteiger partial charge in [0.2, 0.25) is 0 Å². The number of aromatic nitrogens is 1. The minimum Gasteiger partial charge on any atom is -0.310 e. The van der Waals surface area contributed by atoms with Gasteiger partial charge in [-0.05, 0) is 105 Å². The van der Waals surface area contributed by atoms with E-state index in [9.17, 15) is 0 Å². The maximum atomic E-state index is 2.45. The van der Waals surface area contributed by atoms with Crippen LogP contribution in [0.5, 0.6) is 0 Å². The van der Waals surface area contributed by atoms with Crippen LogP contribution in [0.2, 0.25) is 0 Å². The van der Waals surface area contributed by atoms with Crippen LogP contribution >= 0.6 is 0 Å². The molecule has 0 unspecified atom stereocenters. The lowest BCUT2D eigenvalue weighted by Crippen LogP contribution is -2.17. The third-order valence-corrected chi connectivity index (χ3v) is 12.8. The van der Waals surface area contributed by atoms with Crippen molar-refractivity contribution in [2.45, 2.75) is 46.0 Å². The molecule has 1 heterocycles. The molecule has 2 aliphatic carbocycles. The Bertz CT molecular complexity index is 2980. The zero-order valence-corrected chi connectivity index (χ0v) is 32.2. The predicted molar refractivity (Wildman–Crippen MR) is 243 cm³/mol. The molecule has 2 nitrogen and oxygen atoms in total. The number of rotatable bonds is 5. The predicted octanol–water partition coefficient (Wildman–Crippen LogP) is 15.2. The molecule has 0 fully saturated rings. The monoisotopic (exact) mass is 734 g/mol. The molecular formula is C55H46N2. The van der Waals surface area contributed by atoms with Gasteiger partial charge in [0.05, 0.1) is 16.7 Å². The van der Waals surface area contributed by atoms with E-state index in [1.54, 1.807) is 0 Å². The Balaban J connectivity index is 0.00000396. The van der Waals surface area contributed by atoms with Gasteiger partial charge in [-0.15, -0.1) is 0 Å². The zero-order valence-electron chi connectivity index (χ0n) is 32.2. The summed E-state index contributed by atoms with van der Waals surface area (Å²) in [6.45, 7) is 9.43. The van der Waals surface area contributed by atoms with Crippen molar-refractivity contribution < 1.29 is 0 Å². The molecule has 9 aromatic rings. The lowest BCUT2D eigenvalue weighted by Gasteiger charge is -2.29. The van der Waals surface area contributed by atoms with Crippen LogP contribution in [0.25, 0.3) is 60.9 Å². The van der Waals surface area contributed by atoms with Crippen molar-refractivity contribution >= 4 is 38.9 Å². The smallest absolute Gasteiger partial charge is 0.0541 e. The van der Waals surface area contributed by atoms with Crippen molar-refractivity contribution in [3.05, 3.63) is 204 Å². The van der Waals surface area contributed by atoms with E-state index in [-0.39, 0.29) is 18.3 Å². The lowest BCUT2D eigenvalue weighted by atomic mass is 9.82. The fourth-order valence-corrected chi connectivity index (χ4v) is 10.0. The molecule has 2 heteroatoms. The standard InChI is InChI=1S/C54H42N2.CH4/c1-53(2)47-21-11-6-17-41(47)45-33-37(30-32-48(45)53)55(38-29-31-42-40-16-5-10-20-46(40)54(3,4)49(42)34-38)36-27-25-35(26-28-36)39-15-7-12-22-50(39)56-51-23-13-8-18-43(51)44-19-9-14-24-52(44)56;/h5-34H,1-4H3;1H4. The normalized spacial score (nSPS) is 14.1. The van der Waals surface area contributed by atoms with Gasteiger partial charge >= 0.3 is 0 Å². The number of para-hydroxylation sites is 3. The van der Waals surface area contributed by atoms with E-state index in [1.807, 2.05) is 0 Å². The molecule has 1 aromatic heterocycles. The van der Waals surface area contributed by atoms with Gasteiger partial charge in [0.15, 0.2) is 0 Å². The largest absolute Gasteiger partial charge is 0.310 e. The SMILES string of the molecule is C.CC1(C)c2ccccc2-c2cc(N(c3ccc(-c4ccccc4-n4c5ccccc5c5ccccc54)cc3)c3ccc4c(c3)C(C)(C)c3ccccc3-4)ccc21. The number of fused-ring (bicyclic) bond motifs is 9. The molecule has 57 heavy (non-hydrogen) atoms. The first-order valence-corrected chi connectivity index (χ1v) is 19.8. The highest BCUT2D eigenvalue weighted by Gasteiger charge is 2.37. The van der Waals surface area contributed by atoms with E-state index in [0.717, 1.165) is 17.1 Å². The summed E-state index contributed by atoms with van der Waals surface area (Å²) in [6.07, 6.45) is 0. The maximum Gasteiger partial charge on any atom is 0.0541 e. The molecule has 0 N–H and O–H groups in total. The summed E-state index contributed by atoms with van der Waals surface area (Å²) in [5.74, 6) is 0. The van der Waals surface area contributed by atoms with E-state index in [2.05, 4.69) is 219 Å². The van der Waals surface area contributed by atoms with E-state index >= 15 is 0 Å². The van der Waals surface area contributed by atoms with Gasteiger partial charge in [0, 0.05) is 44.2 Å². The first-order chi connectivity index (χ1) is 27.3. The molecule has 0 bridgehead atoms. The van der Waals surface area contributed by atoms with Crippen molar-refractivity contribution in [1.82, 2.24) is 4.57 Å². The Hall–Kier alpha value is -6.64. The minimum absolute atomic E-state index is 0. The number of anilines is 3. The topological polar surface area (TPSA) is 8.17 Å². The maximum absolute atomic E-state index is 2.45. The summed E-state index contributed by atoms with van der Waals surface area (Å²) >= 11 is 0. The molecule has 0 saturated carbocycles. The molecular weight excluding hydrogens is 689 g/mol. The summed E-state index contributed by atoms with van der Waals surface area (Å²) in [6, 6.07) is 67.5. The quantitative estimate of drug-likeness (QED) is 0.171. The zero-order chi connectivity index (χ0) is 37.8. The molecule has 0 atom stereocenters. The van der Waals surface area contributed by atoms with Crippen molar-refractivity contribution in [1.29, 1.82) is 0 Å². The van der Waals surface area contributed by atoms with Gasteiger partial charge in [-0.25, -0.2) is 0 Å². The van der Waals surface area contributed by atoms with Gasteiger partial charge in [-0.3, -0.25) is 0 Å². The summed E-state index contributed by atoms with van der Waals surface area (Å²) in [5.41, 5.74) is 20.1. The highest BCUT2D eigenvalue weighted by Crippen LogP contribution is 2.53. The Kier molecular flexibility index (Phi) is 7.76. The van der Waals surface area contributed by atoms with Gasteiger partial charge < -0.3 is 9.47 Å². The fraction of sp³-hybridized carbons (Fsp3) is 0.127. The molecule has 276 valence electrons. The molecule has 0 amide bonds. The average molecular weight is 735 g/mol. The molecule has 0 spiro atoms. The van der Waals surface area contributed by atoms with Gasteiger partial charge in [0.25, 0.3) is 0 Å². The third kappa shape index (κ3) is 5.03. The fourth-order valence-electron chi connectivity index (χ4n) is 10.0. The summed E-state index contributed by atoms with van der Waals surface area (Å²) in [5, 5.41) is 2.54. The molecule has 0 radical (unpaired) electrons. The minimum atomic E-state index is -0.102. The second-order valence-electron chi connectivity index (χ2n) is 16.6. The Labute approximate surface area is 336 Å². The van der Waals surface area contributed by atoms with Crippen molar-refractivity contribution in [2.75, 3.05) is 4.90 Å². The van der Waals surface area contributed by atoms with E-state index in [0.29, 0.717) is 0 Å². The first kappa shape index (κ1) is 34.8. The summed E-state index contributed by atoms with van der Waals surface area (Å²) in [4.78, 5) is 2.45. The molecule has 2 aliphatic rings. The third-order valence-electron chi connectivity index (χ3n) is 12.8. The first-order valence-electron chi connectivity index (χ1n) is 19.8. The van der Waals surface area contributed by atoms with E-state index < -0.39 is 0 Å². The molecule has 0 aliphatic heterocycles. The lowest BCUT2D eigenvalue weighted by molar-refractivity contribution is 0.660. The summed E-state index contributed by atoms with van der Waals surface area (Å²) in [7, 11) is 0. The van der Waals surface area contributed by atoms with Crippen LogP contribution in [0.1, 0.15) is 57.4 Å². The van der Waals surface area contributed by atoms with E-state index in [1.165, 1.54) is 83.1 Å². The van der Waals surface area contributed by atoms with Crippen LogP contribution in [0.4, 0.5) is 17.1 Å². The van der Waals surface area contributed by atoms with Gasteiger partial charge in [-0.1, -0.05) is 163 Å². The van der Waals surface area contributed by atoms with Crippen molar-refractivity contribution in [2.24, 2.45) is 0 Å². The van der Waals surface area contributed by atoms with Crippen molar-refractivity contribution in [3.63, 3.8) is 0 Å². The summed E-state index contributed by atoms with van der Waals surface area (Å²) < 4.78 is 2.42. The second kappa shape index (κ2) is 12.7. The number of hydrogen-bond acceptors (Lipinski definition) is 1. The molecule has 0 saturated heterocycles. The van der Waals surface area contributed by atoms with Gasteiger partial charge in [-0.2, -0.15) is 0 Å². The number of hydrogen-bond donors (Lipinski definition) is 0. The van der Waals surface area contributed by atoms with Crippen LogP contribution in [-0.4, -0.2) is 4.57 Å². The number of benzene rings is 8. The van der Waals surface area contributed by atoms with Crippen molar-refractivity contribution in [3.8, 4) is 39.1 Å². The Morgan fingerprint density at radius 2 is 0.825 bits per heavy atom. The van der Waals surface area contributed by atoms with Crippen LogP contribution in [0.15, 0.2) is 182 Å². The Morgan fingerprint density at radius 3 is 1.49 bits per heavy atom. The molecule has 8 aromatic carbocycles. The number of nitrogens with zero attached hydrogens (tertiary/aromatic N) is 2. The van der Waals surface area contributed by atoms with E-state index in [4.69, 9.17) is 0 Å². The highest BCUT2D eigenvalue weighted by atomic mass is 15.1. The van der Waals surface area contributed by atoms with Crippen LogP contribution in [-0.2, 0) is 10.8 Å². The van der Waals surface area contributed by atoms with Crippen LogP contribution in [0, 0.1) is 0 Å². The highest BCUT2D eigenvalue weighted by molar-refractivity contribution is 6.09. The van der Waals surface area contributed by atoms with Crippen LogP contribution in [0.3, 0.4) is 0 Å². The van der Waals surface area contributed by atoms with Gasteiger partial charge in [0.1, 0.15) is 0 Å². The Morgan fingerprint density at radius 1 is 0.368 bits per heavy atom. The molecule has 11 rings (SSSR count).